The van der Waals surface area contributed by atoms with Crippen LogP contribution in [-0.4, -0.2) is 16.0 Å². The summed E-state index contributed by atoms with van der Waals surface area (Å²) < 4.78 is 0.947. The Morgan fingerprint density at radius 3 is 2.43 bits per heavy atom. The molecule has 7 heavy (non-hydrogen) atoms. The summed E-state index contributed by atoms with van der Waals surface area (Å²) in [6.45, 7) is 0. The predicted molar refractivity (Wildman–Crippen MR) is 37.8 cm³/mol. The topological polar surface area (TPSA) is 21.9 Å². The van der Waals surface area contributed by atoms with Gasteiger partial charge in [-0.3, -0.25) is 0 Å². The van der Waals surface area contributed by atoms with E-state index in [0.717, 1.165) is 16.0 Å². The molecule has 0 unspecified atom stereocenters. The summed E-state index contributed by atoms with van der Waals surface area (Å²) in [7, 11) is 0. The average Bonchev–Trinajstić information content (AvgIpc) is 2.33. The number of rotatable bonds is 0. The summed E-state index contributed by atoms with van der Waals surface area (Å²) in [4.78, 5) is 0. The molecule has 0 amide bonds. The third-order valence-corrected chi connectivity index (χ3v) is 3.27. The first kappa shape index (κ1) is 4.56. The highest BCUT2D eigenvalue weighted by Gasteiger charge is 2.46. The number of halogens is 1. The van der Waals surface area contributed by atoms with Crippen LogP contribution < -0.4 is 5.32 Å². The average molecular weight is 209 g/mol. The van der Waals surface area contributed by atoms with Crippen LogP contribution in [0.5, 0.6) is 0 Å². The first-order valence-electron chi connectivity index (χ1n) is 2.78. The maximum Gasteiger partial charge on any atom is 0.0342 e. The predicted octanol–water partition coefficient (Wildman–Crippen LogP) is 0.924. The van der Waals surface area contributed by atoms with E-state index in [2.05, 4.69) is 27.9 Å². The first-order chi connectivity index (χ1) is 3.38. The lowest BCUT2D eigenvalue weighted by molar-refractivity contribution is 0.769. The molecule has 0 radical (unpaired) electrons. The minimum atomic E-state index is 0.917. The molecule has 40 valence electrons. The van der Waals surface area contributed by atoms with Crippen molar-refractivity contribution in [2.75, 3.05) is 0 Å². The zero-order valence-electron chi connectivity index (χ0n) is 4.02. The Kier molecular flexibility index (Phi) is 0.876. The molecule has 2 rings (SSSR count). The van der Waals surface area contributed by atoms with Crippen LogP contribution in [-0.2, 0) is 0 Å². The molecular formula is C5H8IN. The van der Waals surface area contributed by atoms with Crippen LogP contribution in [0.3, 0.4) is 0 Å². The van der Waals surface area contributed by atoms with Gasteiger partial charge in [-0.2, -0.15) is 0 Å². The van der Waals surface area contributed by atoms with Gasteiger partial charge in [0.25, 0.3) is 0 Å². The van der Waals surface area contributed by atoms with Gasteiger partial charge in [-0.05, 0) is 12.8 Å². The zero-order chi connectivity index (χ0) is 4.85. The van der Waals surface area contributed by atoms with Gasteiger partial charge in [0, 0.05) is 16.0 Å². The van der Waals surface area contributed by atoms with Gasteiger partial charge in [0.1, 0.15) is 0 Å². The van der Waals surface area contributed by atoms with Gasteiger partial charge in [0.15, 0.2) is 0 Å². The Morgan fingerprint density at radius 1 is 1.43 bits per heavy atom. The monoisotopic (exact) mass is 209 g/mol. The van der Waals surface area contributed by atoms with E-state index < -0.39 is 0 Å². The molecule has 0 spiro atoms. The van der Waals surface area contributed by atoms with Crippen molar-refractivity contribution in [3.05, 3.63) is 0 Å². The smallest absolute Gasteiger partial charge is 0.0342 e. The van der Waals surface area contributed by atoms with Gasteiger partial charge < -0.3 is 5.32 Å². The second-order valence-corrected chi connectivity index (χ2v) is 3.99. The van der Waals surface area contributed by atoms with Gasteiger partial charge >= 0.3 is 0 Å². The van der Waals surface area contributed by atoms with Crippen molar-refractivity contribution in [2.45, 2.75) is 28.8 Å². The van der Waals surface area contributed by atoms with E-state index >= 15 is 0 Å². The highest BCUT2D eigenvalue weighted by Crippen LogP contribution is 2.35. The molecule has 0 aromatic heterocycles. The SMILES string of the molecule is I[C@@H]1CC[C@H]2N[C@@H]12. The Bertz CT molecular complexity index is 94.1. The summed E-state index contributed by atoms with van der Waals surface area (Å²) in [6, 6.07) is 1.85. The second kappa shape index (κ2) is 1.35. The van der Waals surface area contributed by atoms with E-state index in [1.807, 2.05) is 0 Å². The quantitative estimate of drug-likeness (QED) is 0.357. The molecule has 2 fully saturated rings. The Balaban J connectivity index is 2.08. The number of alkyl halides is 1. The van der Waals surface area contributed by atoms with Gasteiger partial charge in [-0.1, -0.05) is 22.6 Å². The molecule has 2 heteroatoms. The van der Waals surface area contributed by atoms with E-state index in [1.165, 1.54) is 12.8 Å². The standard InChI is InChI=1S/C5H8IN/c6-3-1-2-4-5(3)7-4/h3-5,7H,1-2H2/t3-,4-,5+/m1/s1. The highest BCUT2D eigenvalue weighted by atomic mass is 127. The minimum Gasteiger partial charge on any atom is -0.307 e. The van der Waals surface area contributed by atoms with E-state index in [-0.39, 0.29) is 0 Å². The Morgan fingerprint density at radius 2 is 2.29 bits per heavy atom. The third kappa shape index (κ3) is 0.598. The van der Waals surface area contributed by atoms with Crippen molar-refractivity contribution < 1.29 is 0 Å². The van der Waals surface area contributed by atoms with Crippen LogP contribution in [0, 0.1) is 0 Å². The van der Waals surface area contributed by atoms with Crippen LogP contribution in [0.15, 0.2) is 0 Å². The summed E-state index contributed by atoms with van der Waals surface area (Å²) in [5, 5.41) is 3.41. The molecular weight excluding hydrogens is 201 g/mol. The van der Waals surface area contributed by atoms with E-state index in [4.69, 9.17) is 0 Å². The van der Waals surface area contributed by atoms with Gasteiger partial charge in [0.05, 0.1) is 0 Å². The molecule has 1 saturated heterocycles. The molecule has 1 saturated carbocycles. The summed E-state index contributed by atoms with van der Waals surface area (Å²) in [6.07, 6.45) is 2.88. The molecule has 0 bridgehead atoms. The Hall–Kier alpha value is 0.690. The van der Waals surface area contributed by atoms with Crippen LogP contribution in [0.1, 0.15) is 12.8 Å². The summed E-state index contributed by atoms with van der Waals surface area (Å²) >= 11 is 2.54. The molecule has 0 aromatic rings. The number of fused-ring (bicyclic) bond motifs is 1. The maximum atomic E-state index is 3.41. The fraction of sp³-hybridized carbons (Fsp3) is 1.00. The number of hydrogen-bond donors (Lipinski definition) is 1. The summed E-state index contributed by atoms with van der Waals surface area (Å²) in [5.74, 6) is 0. The lowest BCUT2D eigenvalue weighted by atomic mass is 10.3. The number of hydrogen-bond acceptors (Lipinski definition) is 1. The van der Waals surface area contributed by atoms with Gasteiger partial charge in [-0.15, -0.1) is 0 Å². The lowest BCUT2D eigenvalue weighted by Gasteiger charge is -1.96. The van der Waals surface area contributed by atoms with Crippen molar-refractivity contribution in [3.8, 4) is 0 Å². The largest absolute Gasteiger partial charge is 0.307 e. The van der Waals surface area contributed by atoms with Crippen LogP contribution in [0.25, 0.3) is 0 Å². The van der Waals surface area contributed by atoms with Gasteiger partial charge in [-0.25, -0.2) is 0 Å². The van der Waals surface area contributed by atoms with Crippen molar-refractivity contribution in [1.29, 1.82) is 0 Å². The molecule has 1 aliphatic heterocycles. The van der Waals surface area contributed by atoms with E-state index in [9.17, 15) is 0 Å². The van der Waals surface area contributed by atoms with Crippen LogP contribution in [0.2, 0.25) is 0 Å². The lowest BCUT2D eigenvalue weighted by Crippen LogP contribution is -2.04. The Labute approximate surface area is 57.0 Å². The number of piperidine rings is 1. The fourth-order valence-corrected chi connectivity index (χ4v) is 2.40. The molecule has 2 aliphatic rings. The molecule has 1 aliphatic carbocycles. The fourth-order valence-electron chi connectivity index (χ4n) is 1.33. The molecule has 1 heterocycles. The van der Waals surface area contributed by atoms with Crippen LogP contribution in [0.4, 0.5) is 0 Å². The first-order valence-corrected chi connectivity index (χ1v) is 4.02. The molecule has 1 nitrogen and oxygen atoms in total. The minimum absolute atomic E-state index is 0.917. The van der Waals surface area contributed by atoms with E-state index in [0.29, 0.717) is 0 Å². The normalized spacial score (nSPS) is 57.0. The van der Waals surface area contributed by atoms with Crippen molar-refractivity contribution in [1.82, 2.24) is 5.32 Å². The van der Waals surface area contributed by atoms with Crippen molar-refractivity contribution in [2.24, 2.45) is 0 Å². The maximum absolute atomic E-state index is 3.41. The third-order valence-electron chi connectivity index (χ3n) is 1.87. The highest BCUT2D eigenvalue weighted by molar-refractivity contribution is 14.1. The van der Waals surface area contributed by atoms with Crippen molar-refractivity contribution >= 4 is 22.6 Å². The number of nitrogens with one attached hydrogen (secondary N) is 1. The zero-order valence-corrected chi connectivity index (χ0v) is 6.18. The van der Waals surface area contributed by atoms with Gasteiger partial charge in [0.2, 0.25) is 0 Å². The summed E-state index contributed by atoms with van der Waals surface area (Å²) in [5.41, 5.74) is 0. The molecule has 1 N–H and O–H groups in total. The van der Waals surface area contributed by atoms with E-state index in [1.54, 1.807) is 0 Å². The van der Waals surface area contributed by atoms with Crippen molar-refractivity contribution in [3.63, 3.8) is 0 Å². The van der Waals surface area contributed by atoms with Crippen LogP contribution >= 0.6 is 22.6 Å². The second-order valence-electron chi connectivity index (χ2n) is 2.39. The molecule has 0 aromatic carbocycles. The molecule has 3 atom stereocenters.